The number of ether oxygens (including phenoxy) is 2. The lowest BCUT2D eigenvalue weighted by atomic mass is 10.1. The first-order chi connectivity index (χ1) is 23.6. The third kappa shape index (κ3) is 8.47. The number of nitrogens with one attached hydrogen (secondary N) is 2. The summed E-state index contributed by atoms with van der Waals surface area (Å²) in [6, 6.07) is 16.1. The molecule has 0 bridgehead atoms. The number of amides is 2. The number of carbonyl (C=O) groups excluding carboxylic acids is 3. The van der Waals surface area contributed by atoms with Gasteiger partial charge in [-0.3, -0.25) is 14.5 Å². The second kappa shape index (κ2) is 16.1. The number of likely N-dealkylation sites (N-methyl/N-ethyl adjacent to an activating group) is 1. The monoisotopic (exact) mass is 668 g/mol. The number of rotatable bonds is 14. The van der Waals surface area contributed by atoms with E-state index in [2.05, 4.69) is 46.0 Å². The zero-order chi connectivity index (χ0) is 35.1. The largest absolute Gasteiger partial charge is 0.496 e. The van der Waals surface area contributed by atoms with Crippen molar-refractivity contribution in [2.24, 2.45) is 0 Å². The number of benzene rings is 3. The molecular weight excluding hydrogens is 620 g/mol. The molecule has 2 amide bonds. The van der Waals surface area contributed by atoms with E-state index < -0.39 is 0 Å². The number of H-pyrrole nitrogens is 1. The predicted molar refractivity (Wildman–Crippen MR) is 193 cm³/mol. The molecule has 3 aromatic carbocycles. The Kier molecular flexibility index (Phi) is 11.7. The number of hydrogen-bond donors (Lipinski definition) is 2. The van der Waals surface area contributed by atoms with Crippen molar-refractivity contribution in [2.75, 3.05) is 64.2 Å². The van der Waals surface area contributed by atoms with Crippen LogP contribution in [0, 0.1) is 6.92 Å². The topological polar surface area (TPSA) is 120 Å². The van der Waals surface area contributed by atoms with Gasteiger partial charge in [0.2, 0.25) is 0 Å². The number of fused-ring (bicyclic) bond motifs is 1. The summed E-state index contributed by atoms with van der Waals surface area (Å²) in [6.07, 6.45) is 3.52. The number of imidazole rings is 1. The maximum absolute atomic E-state index is 13.7. The first-order valence-corrected chi connectivity index (χ1v) is 17.0. The summed E-state index contributed by atoms with van der Waals surface area (Å²) in [6.45, 7) is 10.3. The minimum atomic E-state index is -0.372. The Labute approximate surface area is 288 Å². The Morgan fingerprint density at radius 3 is 2.53 bits per heavy atom. The Bertz CT molecular complexity index is 1780. The molecule has 5 rings (SSSR count). The second-order valence-electron chi connectivity index (χ2n) is 13.1. The van der Waals surface area contributed by atoms with Gasteiger partial charge in [0, 0.05) is 44.7 Å². The molecular formula is C38H48N6O5. The summed E-state index contributed by atoms with van der Waals surface area (Å²) in [5.41, 5.74) is 4.40. The molecule has 2 heterocycles. The maximum atomic E-state index is 13.7. The number of hydrogen-bond acceptors (Lipinski definition) is 8. The van der Waals surface area contributed by atoms with E-state index in [1.807, 2.05) is 43.3 Å². The van der Waals surface area contributed by atoms with Crippen molar-refractivity contribution in [2.45, 2.75) is 52.0 Å². The summed E-state index contributed by atoms with van der Waals surface area (Å²) in [7, 11) is 5.28. The minimum absolute atomic E-state index is 0.0649. The number of aldehydes is 1. The number of carbonyl (C=O) groups is 3. The van der Waals surface area contributed by atoms with E-state index >= 15 is 0 Å². The normalized spacial score (nSPS) is 14.5. The Balaban J connectivity index is 1.23. The zero-order valence-electron chi connectivity index (χ0n) is 29.4. The van der Waals surface area contributed by atoms with Crippen LogP contribution in [0.2, 0.25) is 0 Å². The van der Waals surface area contributed by atoms with Gasteiger partial charge in [0.1, 0.15) is 29.1 Å². The highest BCUT2D eigenvalue weighted by Gasteiger charge is 2.23. The maximum Gasteiger partial charge on any atom is 0.259 e. The fourth-order valence-electron chi connectivity index (χ4n) is 6.07. The third-order valence-electron chi connectivity index (χ3n) is 9.12. The van der Waals surface area contributed by atoms with Crippen LogP contribution in [-0.4, -0.2) is 97.9 Å². The lowest BCUT2D eigenvalue weighted by Crippen LogP contribution is -2.49. The lowest BCUT2D eigenvalue weighted by molar-refractivity contribution is -0.113. The Hall–Kier alpha value is -4.74. The molecule has 1 aliphatic heterocycles. The average molecular weight is 669 g/mol. The van der Waals surface area contributed by atoms with Crippen LogP contribution >= 0.6 is 0 Å². The number of methoxy groups -OCH3 is 1. The van der Waals surface area contributed by atoms with Crippen molar-refractivity contribution >= 4 is 40.5 Å². The number of aromatic nitrogens is 2. The Morgan fingerprint density at radius 2 is 1.82 bits per heavy atom. The van der Waals surface area contributed by atoms with Gasteiger partial charge >= 0.3 is 0 Å². The molecule has 2 N–H and O–H groups in total. The van der Waals surface area contributed by atoms with Crippen LogP contribution < -0.4 is 19.7 Å². The van der Waals surface area contributed by atoms with Crippen molar-refractivity contribution in [1.82, 2.24) is 19.8 Å². The number of para-hydroxylation sites is 1. The van der Waals surface area contributed by atoms with Crippen molar-refractivity contribution in [3.63, 3.8) is 0 Å². The highest BCUT2D eigenvalue weighted by Crippen LogP contribution is 2.32. The minimum Gasteiger partial charge on any atom is -0.496 e. The fraction of sp³-hybridized carbons (Fsp3) is 0.421. The zero-order valence-corrected chi connectivity index (χ0v) is 29.4. The van der Waals surface area contributed by atoms with Gasteiger partial charge in [0.15, 0.2) is 0 Å². The van der Waals surface area contributed by atoms with Crippen LogP contribution in [0.25, 0.3) is 11.0 Å². The molecule has 0 saturated carbocycles. The van der Waals surface area contributed by atoms with E-state index in [-0.39, 0.29) is 29.5 Å². The number of anilines is 2. The van der Waals surface area contributed by atoms with Gasteiger partial charge in [-0.15, -0.1) is 0 Å². The van der Waals surface area contributed by atoms with E-state index in [4.69, 9.17) is 9.47 Å². The molecule has 11 heteroatoms. The molecule has 0 aliphatic carbocycles. The van der Waals surface area contributed by atoms with Crippen molar-refractivity contribution in [1.29, 1.82) is 0 Å². The standard InChI is InChI=1S/C38H48N6O5/c1-25(2)36-39-30-11-9-12-31(35(30)41-36)40-37(46)29-15-14-27(23-33(29)48-6)38(47)43(5)32-16-13-26(3)22-34(32)49-21-8-7-10-28(24-45)44-19-17-42(4)18-20-44/h9,11-16,22-25,28H,7-8,10,17-21H2,1-6H3,(H,39,41)(H,40,46). The molecule has 49 heavy (non-hydrogen) atoms. The van der Waals surface area contributed by atoms with Crippen LogP contribution in [-0.2, 0) is 4.79 Å². The number of aromatic amines is 1. The van der Waals surface area contributed by atoms with Crippen molar-refractivity contribution in [3.05, 3.63) is 77.1 Å². The lowest BCUT2D eigenvalue weighted by Gasteiger charge is -2.35. The van der Waals surface area contributed by atoms with Gasteiger partial charge in [-0.05, 0) is 81.3 Å². The van der Waals surface area contributed by atoms with E-state index in [1.54, 1.807) is 30.1 Å². The highest BCUT2D eigenvalue weighted by atomic mass is 16.5. The second-order valence-corrected chi connectivity index (χ2v) is 13.1. The number of aryl methyl sites for hydroxylation is 1. The molecule has 0 radical (unpaired) electrons. The van der Waals surface area contributed by atoms with Crippen molar-refractivity contribution in [3.8, 4) is 11.5 Å². The smallest absolute Gasteiger partial charge is 0.259 e. The van der Waals surface area contributed by atoms with Gasteiger partial charge < -0.3 is 34.4 Å². The van der Waals surface area contributed by atoms with Gasteiger partial charge in [0.25, 0.3) is 11.8 Å². The molecule has 0 spiro atoms. The number of unbranched alkanes of at least 4 members (excludes halogenated alkanes) is 1. The van der Waals surface area contributed by atoms with Gasteiger partial charge in [0.05, 0.1) is 42.2 Å². The SMILES string of the molecule is COc1cc(C(=O)N(C)c2ccc(C)cc2OCCCCC(C=O)N2CCN(C)CC2)ccc1C(=O)Nc1cccc2[nH]c(C(C)C)nc12. The van der Waals surface area contributed by atoms with Crippen LogP contribution in [0.5, 0.6) is 11.5 Å². The first kappa shape index (κ1) is 35.6. The van der Waals surface area contributed by atoms with Gasteiger partial charge in [-0.25, -0.2) is 4.98 Å². The number of nitrogens with zero attached hydrogens (tertiary/aromatic N) is 4. The predicted octanol–water partition coefficient (Wildman–Crippen LogP) is 5.90. The average Bonchev–Trinajstić information content (AvgIpc) is 3.56. The van der Waals surface area contributed by atoms with Crippen LogP contribution in [0.4, 0.5) is 11.4 Å². The molecule has 11 nitrogen and oxygen atoms in total. The molecule has 1 aliphatic rings. The summed E-state index contributed by atoms with van der Waals surface area (Å²) in [5.74, 6) is 1.29. The highest BCUT2D eigenvalue weighted by molar-refractivity contribution is 6.11. The van der Waals surface area contributed by atoms with Crippen LogP contribution in [0.3, 0.4) is 0 Å². The summed E-state index contributed by atoms with van der Waals surface area (Å²) in [4.78, 5) is 53.0. The quantitative estimate of drug-likeness (QED) is 0.126. The molecule has 1 fully saturated rings. The van der Waals surface area contributed by atoms with Gasteiger partial charge in [-0.1, -0.05) is 26.0 Å². The van der Waals surface area contributed by atoms with Crippen LogP contribution in [0.15, 0.2) is 54.6 Å². The van der Waals surface area contributed by atoms with E-state index in [1.165, 1.54) is 7.11 Å². The molecule has 1 aromatic heterocycles. The van der Waals surface area contributed by atoms with Gasteiger partial charge in [-0.2, -0.15) is 0 Å². The molecule has 1 saturated heterocycles. The molecule has 260 valence electrons. The molecule has 1 atom stereocenters. The summed E-state index contributed by atoms with van der Waals surface area (Å²) < 4.78 is 11.8. The van der Waals surface area contributed by atoms with Crippen LogP contribution in [0.1, 0.15) is 71.1 Å². The first-order valence-electron chi connectivity index (χ1n) is 17.0. The van der Waals surface area contributed by atoms with E-state index in [9.17, 15) is 14.4 Å². The summed E-state index contributed by atoms with van der Waals surface area (Å²) in [5, 5.41) is 2.96. The van der Waals surface area contributed by atoms with E-state index in [0.29, 0.717) is 40.4 Å². The third-order valence-corrected chi connectivity index (χ3v) is 9.12. The number of piperazine rings is 1. The van der Waals surface area contributed by atoms with E-state index in [0.717, 1.165) is 68.6 Å². The fourth-order valence-corrected chi connectivity index (χ4v) is 6.07. The Morgan fingerprint density at radius 1 is 1.04 bits per heavy atom. The summed E-state index contributed by atoms with van der Waals surface area (Å²) >= 11 is 0. The molecule has 4 aromatic rings. The van der Waals surface area contributed by atoms with Crippen molar-refractivity contribution < 1.29 is 23.9 Å². The molecule has 1 unspecified atom stereocenters.